The average molecular weight is 288 g/mol. The number of rotatable bonds is 5. The molecule has 2 rings (SSSR count). The second kappa shape index (κ2) is 6.74. The summed E-state index contributed by atoms with van der Waals surface area (Å²) in [7, 11) is 1.53. The van der Waals surface area contributed by atoms with Crippen LogP contribution in [0.15, 0.2) is 42.5 Å². The molecule has 2 aromatic rings. The van der Waals surface area contributed by atoms with Crippen LogP contribution in [0.2, 0.25) is 0 Å². The number of carbonyl (C=O) groups is 1. The Bertz CT molecular complexity index is 644. The Balaban J connectivity index is 2.15. The first-order valence-electron chi connectivity index (χ1n) is 6.53. The molecule has 2 N–H and O–H groups in total. The lowest BCUT2D eigenvalue weighted by molar-refractivity contribution is -0.114. The summed E-state index contributed by atoms with van der Waals surface area (Å²) in [5.41, 5.74) is 1.93. The monoisotopic (exact) mass is 288 g/mol. The van der Waals surface area contributed by atoms with E-state index in [1.54, 1.807) is 18.2 Å². The molecule has 0 spiro atoms. The van der Waals surface area contributed by atoms with Gasteiger partial charge in [-0.1, -0.05) is 18.2 Å². The van der Waals surface area contributed by atoms with Gasteiger partial charge in [-0.05, 0) is 23.8 Å². The highest BCUT2D eigenvalue weighted by Gasteiger charge is 2.06. The van der Waals surface area contributed by atoms with Crippen molar-refractivity contribution in [2.24, 2.45) is 0 Å². The molecular formula is C16H17FN2O2. The fourth-order valence-corrected chi connectivity index (χ4v) is 1.94. The summed E-state index contributed by atoms with van der Waals surface area (Å²) < 4.78 is 18.8. The highest BCUT2D eigenvalue weighted by atomic mass is 19.1. The molecular weight excluding hydrogens is 271 g/mol. The van der Waals surface area contributed by atoms with Crippen molar-refractivity contribution in [2.45, 2.75) is 13.5 Å². The van der Waals surface area contributed by atoms with E-state index in [-0.39, 0.29) is 11.7 Å². The smallest absolute Gasteiger partial charge is 0.221 e. The lowest BCUT2D eigenvalue weighted by atomic mass is 10.1. The van der Waals surface area contributed by atoms with Gasteiger partial charge in [-0.3, -0.25) is 4.79 Å². The van der Waals surface area contributed by atoms with Crippen LogP contribution in [0.25, 0.3) is 0 Å². The molecule has 0 radical (unpaired) electrons. The number of benzene rings is 2. The van der Waals surface area contributed by atoms with E-state index in [0.717, 1.165) is 5.56 Å². The van der Waals surface area contributed by atoms with E-state index in [1.165, 1.54) is 20.1 Å². The second-order valence-electron chi connectivity index (χ2n) is 4.54. The Hall–Kier alpha value is -2.56. The summed E-state index contributed by atoms with van der Waals surface area (Å²) in [6, 6.07) is 11.9. The predicted molar refractivity (Wildman–Crippen MR) is 81.0 cm³/mol. The van der Waals surface area contributed by atoms with E-state index in [1.807, 2.05) is 18.2 Å². The minimum absolute atomic E-state index is 0.144. The third-order valence-corrected chi connectivity index (χ3v) is 2.97. The van der Waals surface area contributed by atoms with E-state index >= 15 is 0 Å². The molecule has 21 heavy (non-hydrogen) atoms. The zero-order valence-electron chi connectivity index (χ0n) is 11.9. The Morgan fingerprint density at radius 1 is 1.19 bits per heavy atom. The third-order valence-electron chi connectivity index (χ3n) is 2.97. The maximum absolute atomic E-state index is 13.7. The fraction of sp³-hybridized carbons (Fsp3) is 0.188. The van der Waals surface area contributed by atoms with E-state index < -0.39 is 0 Å². The van der Waals surface area contributed by atoms with Crippen LogP contribution in [0.5, 0.6) is 5.75 Å². The third kappa shape index (κ3) is 3.95. The van der Waals surface area contributed by atoms with Crippen molar-refractivity contribution >= 4 is 17.3 Å². The van der Waals surface area contributed by atoms with Crippen LogP contribution in [0.3, 0.4) is 0 Å². The molecule has 4 nitrogen and oxygen atoms in total. The average Bonchev–Trinajstić information content (AvgIpc) is 2.47. The minimum atomic E-state index is -0.354. The van der Waals surface area contributed by atoms with E-state index in [2.05, 4.69) is 10.6 Å². The van der Waals surface area contributed by atoms with Gasteiger partial charge in [-0.15, -0.1) is 0 Å². The van der Waals surface area contributed by atoms with Crippen LogP contribution in [-0.4, -0.2) is 13.0 Å². The Labute approximate surface area is 122 Å². The van der Waals surface area contributed by atoms with Crippen LogP contribution < -0.4 is 15.4 Å². The van der Waals surface area contributed by atoms with Crippen molar-refractivity contribution in [1.29, 1.82) is 0 Å². The number of para-hydroxylation sites is 1. The lowest BCUT2D eigenvalue weighted by Gasteiger charge is -2.13. The first-order valence-corrected chi connectivity index (χ1v) is 6.53. The fourth-order valence-electron chi connectivity index (χ4n) is 1.94. The van der Waals surface area contributed by atoms with Gasteiger partial charge in [-0.2, -0.15) is 0 Å². The zero-order chi connectivity index (χ0) is 15.2. The quantitative estimate of drug-likeness (QED) is 0.886. The minimum Gasteiger partial charge on any atom is -0.497 e. The molecule has 0 saturated carbocycles. The van der Waals surface area contributed by atoms with Gasteiger partial charge < -0.3 is 15.4 Å². The van der Waals surface area contributed by atoms with Crippen LogP contribution in [0, 0.1) is 5.82 Å². The maximum atomic E-state index is 13.7. The summed E-state index contributed by atoms with van der Waals surface area (Å²) >= 11 is 0. The van der Waals surface area contributed by atoms with Crippen molar-refractivity contribution in [3.05, 3.63) is 53.8 Å². The van der Waals surface area contributed by atoms with Crippen molar-refractivity contribution in [3.8, 4) is 5.75 Å². The largest absolute Gasteiger partial charge is 0.497 e. The number of hydrogen-bond acceptors (Lipinski definition) is 3. The molecule has 1 amide bonds. The molecule has 0 aliphatic rings. The van der Waals surface area contributed by atoms with Gasteiger partial charge in [0.05, 0.1) is 12.8 Å². The lowest BCUT2D eigenvalue weighted by Crippen LogP contribution is -2.10. The molecule has 0 saturated heterocycles. The molecule has 0 aliphatic carbocycles. The standard InChI is InChI=1S/C16H17FN2O2/c1-11(20)19-15-6-4-3-5-12(15)10-18-16-9-13(21-2)7-8-14(16)17/h3-9,18H,10H2,1-2H3,(H,19,20). The number of anilines is 2. The molecule has 0 aliphatic heterocycles. The Morgan fingerprint density at radius 2 is 1.95 bits per heavy atom. The molecule has 2 aromatic carbocycles. The number of methoxy groups -OCH3 is 1. The number of hydrogen-bond donors (Lipinski definition) is 2. The van der Waals surface area contributed by atoms with Gasteiger partial charge in [0.25, 0.3) is 0 Å². The van der Waals surface area contributed by atoms with Gasteiger partial charge in [0.2, 0.25) is 5.91 Å². The van der Waals surface area contributed by atoms with E-state index in [9.17, 15) is 9.18 Å². The summed E-state index contributed by atoms with van der Waals surface area (Å²) in [4.78, 5) is 11.2. The normalized spacial score (nSPS) is 10.0. The van der Waals surface area contributed by atoms with Crippen molar-refractivity contribution < 1.29 is 13.9 Å². The predicted octanol–water partition coefficient (Wildman–Crippen LogP) is 3.40. The topological polar surface area (TPSA) is 50.4 Å². The van der Waals surface area contributed by atoms with E-state index in [0.29, 0.717) is 23.7 Å². The summed E-state index contributed by atoms with van der Waals surface area (Å²) in [5.74, 6) is 0.0804. The summed E-state index contributed by atoms with van der Waals surface area (Å²) in [6.07, 6.45) is 0. The van der Waals surface area contributed by atoms with Gasteiger partial charge >= 0.3 is 0 Å². The number of amides is 1. The number of nitrogens with one attached hydrogen (secondary N) is 2. The molecule has 110 valence electrons. The number of ether oxygens (including phenoxy) is 1. The Kier molecular flexibility index (Phi) is 4.77. The van der Waals surface area contributed by atoms with Gasteiger partial charge in [-0.25, -0.2) is 4.39 Å². The van der Waals surface area contributed by atoms with Crippen LogP contribution in [0.1, 0.15) is 12.5 Å². The van der Waals surface area contributed by atoms with Crippen LogP contribution in [-0.2, 0) is 11.3 Å². The number of halogens is 1. The van der Waals surface area contributed by atoms with Gasteiger partial charge in [0.1, 0.15) is 11.6 Å². The molecule has 0 unspecified atom stereocenters. The summed E-state index contributed by atoms with van der Waals surface area (Å²) in [6.45, 7) is 1.84. The molecule has 0 atom stereocenters. The van der Waals surface area contributed by atoms with Gasteiger partial charge in [0.15, 0.2) is 0 Å². The molecule has 0 bridgehead atoms. The Morgan fingerprint density at radius 3 is 2.67 bits per heavy atom. The summed E-state index contributed by atoms with van der Waals surface area (Å²) in [5, 5.41) is 5.76. The second-order valence-corrected chi connectivity index (χ2v) is 4.54. The maximum Gasteiger partial charge on any atom is 0.221 e. The van der Waals surface area contributed by atoms with Gasteiger partial charge in [0, 0.05) is 25.2 Å². The van der Waals surface area contributed by atoms with Crippen LogP contribution >= 0.6 is 0 Å². The SMILES string of the molecule is COc1ccc(F)c(NCc2ccccc2NC(C)=O)c1. The number of carbonyl (C=O) groups excluding carboxylic acids is 1. The van der Waals surface area contributed by atoms with Crippen molar-refractivity contribution in [1.82, 2.24) is 0 Å². The highest BCUT2D eigenvalue weighted by molar-refractivity contribution is 5.89. The molecule has 5 heteroatoms. The van der Waals surface area contributed by atoms with Crippen molar-refractivity contribution in [3.63, 3.8) is 0 Å². The van der Waals surface area contributed by atoms with Crippen LogP contribution in [0.4, 0.5) is 15.8 Å². The zero-order valence-corrected chi connectivity index (χ0v) is 11.9. The van der Waals surface area contributed by atoms with E-state index in [4.69, 9.17) is 4.74 Å². The first kappa shape index (κ1) is 14.8. The van der Waals surface area contributed by atoms with Crippen molar-refractivity contribution in [2.75, 3.05) is 17.7 Å². The molecule has 0 heterocycles. The molecule has 0 aromatic heterocycles. The molecule has 0 fully saturated rings. The first-order chi connectivity index (χ1) is 10.1. The highest BCUT2D eigenvalue weighted by Crippen LogP contribution is 2.23.